The number of para-hydroxylation sites is 1. The fraction of sp³-hybridized carbons (Fsp3) is 0.350. The number of carbonyl (C=O) groups is 1. The number of nitrogens with zero attached hydrogens (tertiary/aromatic N) is 1. The molecule has 0 saturated heterocycles. The Bertz CT molecular complexity index is 740. The van der Waals surface area contributed by atoms with Crippen LogP contribution < -0.4 is 10.2 Å². The minimum Gasteiger partial charge on any atom is -0.337 e. The van der Waals surface area contributed by atoms with Gasteiger partial charge in [-0.25, -0.2) is 4.79 Å². The zero-order valence-corrected chi connectivity index (χ0v) is 15.1. The topological polar surface area (TPSA) is 32.3 Å². The first-order valence-electron chi connectivity index (χ1n) is 8.29. The number of anilines is 1. The summed E-state index contributed by atoms with van der Waals surface area (Å²) in [7, 11) is 0. The van der Waals surface area contributed by atoms with Gasteiger partial charge in [0.2, 0.25) is 0 Å². The fourth-order valence-electron chi connectivity index (χ4n) is 3.26. The van der Waals surface area contributed by atoms with Crippen molar-refractivity contribution in [2.45, 2.75) is 38.6 Å². The second kappa shape index (κ2) is 6.48. The first-order valence-corrected chi connectivity index (χ1v) is 8.67. The Morgan fingerprint density at radius 2 is 1.88 bits per heavy atom. The van der Waals surface area contributed by atoms with E-state index in [1.165, 1.54) is 5.56 Å². The Hall–Kier alpha value is -2.00. The summed E-state index contributed by atoms with van der Waals surface area (Å²) in [5.74, 6) is 0. The lowest BCUT2D eigenvalue weighted by atomic mass is 9.85. The summed E-state index contributed by atoms with van der Waals surface area (Å²) in [6.07, 6.45) is 0.907. The van der Waals surface area contributed by atoms with E-state index < -0.39 is 0 Å². The first kappa shape index (κ1) is 16.8. The molecule has 1 atom stereocenters. The summed E-state index contributed by atoms with van der Waals surface area (Å²) in [6.45, 7) is 6.90. The van der Waals surface area contributed by atoms with Gasteiger partial charge in [0.15, 0.2) is 0 Å². The number of hydrogen-bond donors (Lipinski definition) is 1. The lowest BCUT2D eigenvalue weighted by molar-refractivity contribution is 0.242. The van der Waals surface area contributed by atoms with Crippen LogP contribution in [0.2, 0.25) is 5.02 Å². The number of urea groups is 1. The molecule has 1 aliphatic rings. The molecule has 0 aliphatic carbocycles. The molecular formula is C20H23ClN2O. The molecule has 0 spiro atoms. The molecule has 2 amide bonds. The van der Waals surface area contributed by atoms with Crippen LogP contribution in [-0.4, -0.2) is 18.6 Å². The second-order valence-corrected chi connectivity index (χ2v) is 7.54. The average molecular weight is 343 g/mol. The largest absolute Gasteiger partial charge is 0.337 e. The lowest BCUT2D eigenvalue weighted by Crippen LogP contribution is -2.47. The van der Waals surface area contributed by atoms with Crippen LogP contribution in [0.25, 0.3) is 0 Å². The summed E-state index contributed by atoms with van der Waals surface area (Å²) in [5, 5.41) is 3.83. The maximum absolute atomic E-state index is 12.7. The van der Waals surface area contributed by atoms with E-state index in [-0.39, 0.29) is 17.5 Å². The number of fused-ring (bicyclic) bond motifs is 1. The molecule has 0 saturated carbocycles. The van der Waals surface area contributed by atoms with Crippen molar-refractivity contribution in [1.29, 1.82) is 0 Å². The number of nitrogens with one attached hydrogen (secondary N) is 1. The van der Waals surface area contributed by atoms with Gasteiger partial charge in [-0.1, -0.05) is 55.8 Å². The molecule has 1 heterocycles. The number of benzene rings is 2. The second-order valence-electron chi connectivity index (χ2n) is 7.10. The number of amides is 2. The smallest absolute Gasteiger partial charge is 0.322 e. The molecule has 1 aliphatic heterocycles. The molecule has 2 aromatic carbocycles. The van der Waals surface area contributed by atoms with Crippen LogP contribution >= 0.6 is 11.6 Å². The molecule has 0 fully saturated rings. The van der Waals surface area contributed by atoms with E-state index in [1.54, 1.807) is 0 Å². The van der Waals surface area contributed by atoms with Crippen molar-refractivity contribution >= 4 is 23.3 Å². The van der Waals surface area contributed by atoms with Crippen molar-refractivity contribution in [2.75, 3.05) is 11.4 Å². The van der Waals surface area contributed by atoms with Gasteiger partial charge in [-0.2, -0.15) is 0 Å². The fourth-order valence-corrected chi connectivity index (χ4v) is 3.39. The monoisotopic (exact) mass is 342 g/mol. The van der Waals surface area contributed by atoms with Crippen molar-refractivity contribution in [3.05, 3.63) is 64.7 Å². The highest BCUT2D eigenvalue weighted by molar-refractivity contribution is 6.30. The normalized spacial score (nSPS) is 16.8. The Kier molecular flexibility index (Phi) is 4.55. The van der Waals surface area contributed by atoms with Crippen LogP contribution in [0.3, 0.4) is 0 Å². The molecule has 1 N–H and O–H groups in total. The van der Waals surface area contributed by atoms with Gasteiger partial charge in [0.1, 0.15) is 0 Å². The maximum atomic E-state index is 12.7. The van der Waals surface area contributed by atoms with Crippen LogP contribution in [0.4, 0.5) is 10.5 Å². The van der Waals surface area contributed by atoms with E-state index in [0.29, 0.717) is 6.54 Å². The van der Waals surface area contributed by atoms with Crippen molar-refractivity contribution < 1.29 is 4.79 Å². The molecule has 4 heteroatoms. The van der Waals surface area contributed by atoms with E-state index in [1.807, 2.05) is 47.4 Å². The molecule has 0 bridgehead atoms. The number of halogens is 1. The molecule has 126 valence electrons. The molecule has 0 radical (unpaired) electrons. The van der Waals surface area contributed by atoms with E-state index in [2.05, 4.69) is 32.2 Å². The molecule has 3 nitrogen and oxygen atoms in total. The first-order chi connectivity index (χ1) is 11.4. The summed E-state index contributed by atoms with van der Waals surface area (Å²) in [5.41, 5.74) is 3.24. The molecule has 2 aromatic rings. The van der Waals surface area contributed by atoms with Crippen LogP contribution in [0.15, 0.2) is 48.5 Å². The van der Waals surface area contributed by atoms with Gasteiger partial charge >= 0.3 is 6.03 Å². The summed E-state index contributed by atoms with van der Waals surface area (Å²) < 4.78 is 0. The van der Waals surface area contributed by atoms with Crippen LogP contribution in [-0.2, 0) is 11.8 Å². The molecule has 24 heavy (non-hydrogen) atoms. The molecular weight excluding hydrogens is 320 g/mol. The van der Waals surface area contributed by atoms with Crippen LogP contribution in [0, 0.1) is 0 Å². The van der Waals surface area contributed by atoms with Crippen molar-refractivity contribution in [3.63, 3.8) is 0 Å². The summed E-state index contributed by atoms with van der Waals surface area (Å²) >= 11 is 5.96. The SMILES string of the molecule is CC1Cc2ccccc2N1C(=O)NCC(C)(C)c1ccc(Cl)cc1. The predicted octanol–water partition coefficient (Wildman–Crippen LogP) is 4.78. The molecule has 3 rings (SSSR count). The molecule has 1 unspecified atom stereocenters. The predicted molar refractivity (Wildman–Crippen MR) is 100.0 cm³/mol. The van der Waals surface area contributed by atoms with E-state index in [0.717, 1.165) is 22.7 Å². The zero-order chi connectivity index (χ0) is 17.3. The van der Waals surface area contributed by atoms with Gasteiger partial charge in [0, 0.05) is 28.7 Å². The lowest BCUT2D eigenvalue weighted by Gasteiger charge is -2.29. The standard InChI is InChI=1S/C20H23ClN2O/c1-14-12-15-6-4-5-7-18(15)23(14)19(24)22-13-20(2,3)16-8-10-17(21)11-9-16/h4-11,14H,12-13H2,1-3H3,(H,22,24). The Labute approximate surface area is 148 Å². The number of carbonyl (C=O) groups excluding carboxylic acids is 1. The Morgan fingerprint density at radius 1 is 1.21 bits per heavy atom. The van der Waals surface area contributed by atoms with E-state index in [9.17, 15) is 4.79 Å². The van der Waals surface area contributed by atoms with Crippen LogP contribution in [0.5, 0.6) is 0 Å². The van der Waals surface area contributed by atoms with Gasteiger partial charge in [-0.05, 0) is 42.7 Å². The van der Waals surface area contributed by atoms with Crippen LogP contribution in [0.1, 0.15) is 31.9 Å². The zero-order valence-electron chi connectivity index (χ0n) is 14.3. The third kappa shape index (κ3) is 3.27. The van der Waals surface area contributed by atoms with Gasteiger partial charge in [0.25, 0.3) is 0 Å². The average Bonchev–Trinajstić information content (AvgIpc) is 2.89. The van der Waals surface area contributed by atoms with E-state index in [4.69, 9.17) is 11.6 Å². The minimum atomic E-state index is -0.164. The summed E-state index contributed by atoms with van der Waals surface area (Å²) in [6, 6.07) is 16.1. The highest BCUT2D eigenvalue weighted by Crippen LogP contribution is 2.32. The Balaban J connectivity index is 1.70. The van der Waals surface area contributed by atoms with Crippen molar-refractivity contribution in [2.24, 2.45) is 0 Å². The highest BCUT2D eigenvalue weighted by Gasteiger charge is 2.31. The Morgan fingerprint density at radius 3 is 2.58 bits per heavy atom. The maximum Gasteiger partial charge on any atom is 0.322 e. The van der Waals surface area contributed by atoms with Crippen molar-refractivity contribution in [3.8, 4) is 0 Å². The highest BCUT2D eigenvalue weighted by atomic mass is 35.5. The quantitative estimate of drug-likeness (QED) is 0.855. The van der Waals surface area contributed by atoms with Gasteiger partial charge < -0.3 is 5.32 Å². The van der Waals surface area contributed by atoms with Crippen molar-refractivity contribution in [1.82, 2.24) is 5.32 Å². The summed E-state index contributed by atoms with van der Waals surface area (Å²) in [4.78, 5) is 14.6. The third-order valence-electron chi connectivity index (χ3n) is 4.73. The number of rotatable bonds is 3. The molecule has 0 aromatic heterocycles. The minimum absolute atomic E-state index is 0.0329. The van der Waals surface area contributed by atoms with Gasteiger partial charge in [0.05, 0.1) is 0 Å². The number of hydrogen-bond acceptors (Lipinski definition) is 1. The third-order valence-corrected chi connectivity index (χ3v) is 4.99. The van der Waals surface area contributed by atoms with E-state index >= 15 is 0 Å². The van der Waals surface area contributed by atoms with Gasteiger partial charge in [-0.15, -0.1) is 0 Å². The van der Waals surface area contributed by atoms with Gasteiger partial charge in [-0.3, -0.25) is 4.90 Å².